The summed E-state index contributed by atoms with van der Waals surface area (Å²) in [5, 5.41) is 9.06. The summed E-state index contributed by atoms with van der Waals surface area (Å²) in [7, 11) is 0. The second-order valence-corrected chi connectivity index (χ2v) is 18.0. The third kappa shape index (κ3) is 9.15. The highest BCUT2D eigenvalue weighted by molar-refractivity contribution is 5.78. The highest BCUT2D eigenvalue weighted by atomic mass is 16.6. The molecule has 8 atom stereocenters. The maximum absolute atomic E-state index is 12.8. The smallest absolute Gasteiger partial charge is 0.316 e. The van der Waals surface area contributed by atoms with Gasteiger partial charge in [-0.3, -0.25) is 19.2 Å². The average Bonchev–Trinajstić information content (AvgIpc) is 3.87. The molecular formula is C43H66O9. The molecule has 6 fully saturated rings. The Kier molecular flexibility index (Phi) is 13.2. The predicted molar refractivity (Wildman–Crippen MR) is 199 cm³/mol. The van der Waals surface area contributed by atoms with Gasteiger partial charge in [-0.25, -0.2) is 0 Å². The van der Waals surface area contributed by atoms with Crippen molar-refractivity contribution in [1.29, 1.82) is 0 Å². The molecule has 7 rings (SSSR count). The van der Waals surface area contributed by atoms with Crippen LogP contribution in [-0.2, 0) is 33.4 Å². The molecule has 6 aliphatic rings. The van der Waals surface area contributed by atoms with Crippen molar-refractivity contribution in [1.82, 2.24) is 0 Å². The number of carbonyl (C=O) groups excluding carboxylic acids is 4. The van der Waals surface area contributed by atoms with Crippen molar-refractivity contribution in [3.63, 3.8) is 0 Å². The van der Waals surface area contributed by atoms with E-state index in [0.29, 0.717) is 18.1 Å². The second-order valence-electron chi connectivity index (χ2n) is 18.0. The molecule has 1 aromatic rings. The predicted octanol–water partition coefficient (Wildman–Crippen LogP) is 9.22. The lowest BCUT2D eigenvalue weighted by atomic mass is 9.49. The third-order valence-electron chi connectivity index (χ3n) is 13.5. The maximum atomic E-state index is 12.8. The van der Waals surface area contributed by atoms with E-state index >= 15 is 0 Å². The van der Waals surface area contributed by atoms with Gasteiger partial charge in [0.2, 0.25) is 0 Å². The summed E-state index contributed by atoms with van der Waals surface area (Å²) in [6.45, 7) is 19.8. The summed E-state index contributed by atoms with van der Waals surface area (Å²) in [5.41, 5.74) is -1.44. The first kappa shape index (κ1) is 41.7. The maximum Gasteiger partial charge on any atom is 0.316 e. The molecule has 1 aliphatic heterocycles. The van der Waals surface area contributed by atoms with Crippen molar-refractivity contribution in [2.24, 2.45) is 51.8 Å². The summed E-state index contributed by atoms with van der Waals surface area (Å²) >= 11 is 0. The molecule has 5 saturated carbocycles. The Morgan fingerprint density at radius 1 is 0.769 bits per heavy atom. The van der Waals surface area contributed by atoms with Gasteiger partial charge in [0.15, 0.2) is 0 Å². The monoisotopic (exact) mass is 726 g/mol. The van der Waals surface area contributed by atoms with E-state index < -0.39 is 10.8 Å². The Hall–Kier alpha value is -3.10. The van der Waals surface area contributed by atoms with Gasteiger partial charge in [-0.2, -0.15) is 0 Å². The Morgan fingerprint density at radius 2 is 1.31 bits per heavy atom. The zero-order valence-corrected chi connectivity index (χ0v) is 33.5. The number of hydrogen-bond donors (Lipinski definition) is 1. The lowest BCUT2D eigenvalue weighted by Crippen LogP contribution is -2.59. The van der Waals surface area contributed by atoms with Crippen LogP contribution in [0, 0.1) is 51.8 Å². The first-order chi connectivity index (χ1) is 24.3. The number of phenols is 1. The molecule has 9 nitrogen and oxygen atoms in total. The molecule has 0 amide bonds. The highest BCUT2D eigenvalue weighted by Crippen LogP contribution is 2.68. The molecule has 1 N–H and O–H groups in total. The van der Waals surface area contributed by atoms with Crippen molar-refractivity contribution in [3.8, 4) is 11.5 Å². The van der Waals surface area contributed by atoms with Crippen molar-refractivity contribution in [2.45, 2.75) is 152 Å². The second kappa shape index (κ2) is 16.5. The molecule has 8 unspecified atom stereocenters. The number of ether oxygens (including phenoxy) is 4. The van der Waals surface area contributed by atoms with Gasteiger partial charge in [0, 0.05) is 5.92 Å². The van der Waals surface area contributed by atoms with Crippen LogP contribution < -0.4 is 4.74 Å². The Balaban J connectivity index is 0.000000184. The van der Waals surface area contributed by atoms with Gasteiger partial charge in [-0.1, -0.05) is 27.7 Å². The zero-order valence-electron chi connectivity index (χ0n) is 33.5. The summed E-state index contributed by atoms with van der Waals surface area (Å²) in [4.78, 5) is 46.8. The topological polar surface area (TPSA) is 125 Å². The van der Waals surface area contributed by atoms with Crippen LogP contribution in [0.3, 0.4) is 0 Å². The van der Waals surface area contributed by atoms with Crippen LogP contribution in [0.2, 0.25) is 0 Å². The number of esters is 4. The number of phenolic OH excluding ortho intramolecular Hbond substituents is 1. The zero-order chi connectivity index (χ0) is 38.6. The van der Waals surface area contributed by atoms with Gasteiger partial charge in [-0.15, -0.1) is 0 Å². The molecule has 1 aromatic carbocycles. The van der Waals surface area contributed by atoms with E-state index in [1.165, 1.54) is 44.2 Å². The van der Waals surface area contributed by atoms with Crippen LogP contribution in [0.5, 0.6) is 11.5 Å². The van der Waals surface area contributed by atoms with Gasteiger partial charge < -0.3 is 24.1 Å². The normalized spacial score (nSPS) is 30.2. The van der Waals surface area contributed by atoms with Crippen LogP contribution in [0.4, 0.5) is 0 Å². The molecule has 1 heterocycles. The minimum absolute atomic E-state index is 0.0501. The van der Waals surface area contributed by atoms with Crippen molar-refractivity contribution in [3.05, 3.63) is 24.3 Å². The third-order valence-corrected chi connectivity index (χ3v) is 13.5. The van der Waals surface area contributed by atoms with Crippen LogP contribution >= 0.6 is 0 Å². The molecule has 5 aliphatic carbocycles. The number of hydrogen-bond acceptors (Lipinski definition) is 9. The van der Waals surface area contributed by atoms with Gasteiger partial charge in [0.25, 0.3) is 0 Å². The lowest BCUT2D eigenvalue weighted by Gasteiger charge is -2.59. The fourth-order valence-electron chi connectivity index (χ4n) is 8.89. The van der Waals surface area contributed by atoms with Gasteiger partial charge in [0.1, 0.15) is 29.8 Å². The Morgan fingerprint density at radius 3 is 1.85 bits per heavy atom. The largest absolute Gasteiger partial charge is 0.508 e. The first-order valence-corrected chi connectivity index (χ1v) is 19.9. The van der Waals surface area contributed by atoms with Gasteiger partial charge >= 0.3 is 23.9 Å². The average molecular weight is 727 g/mol. The van der Waals surface area contributed by atoms with Gasteiger partial charge in [0.05, 0.1) is 22.7 Å². The molecule has 4 bridgehead atoms. The number of aromatic hydroxyl groups is 1. The van der Waals surface area contributed by atoms with E-state index in [4.69, 9.17) is 24.1 Å². The molecule has 9 heteroatoms. The number of fused-ring (bicyclic) bond motifs is 4. The summed E-state index contributed by atoms with van der Waals surface area (Å²) in [6.07, 6.45) is 11.4. The fourth-order valence-corrected chi connectivity index (χ4v) is 8.89. The van der Waals surface area contributed by atoms with E-state index in [1.807, 2.05) is 55.4 Å². The number of carbonyl (C=O) groups is 4. The van der Waals surface area contributed by atoms with Crippen molar-refractivity contribution >= 4 is 23.9 Å². The van der Waals surface area contributed by atoms with Gasteiger partial charge in [-0.05, 0) is 160 Å². The molecule has 292 valence electrons. The van der Waals surface area contributed by atoms with Crippen molar-refractivity contribution in [2.75, 3.05) is 6.61 Å². The number of rotatable bonds is 10. The Bertz CT molecular complexity index is 1410. The van der Waals surface area contributed by atoms with Crippen LogP contribution in [0.15, 0.2) is 24.3 Å². The number of cyclic esters (lactones) is 1. The molecule has 0 aromatic heterocycles. The first-order valence-electron chi connectivity index (χ1n) is 19.9. The van der Waals surface area contributed by atoms with Crippen LogP contribution in [-0.4, -0.2) is 47.3 Å². The highest BCUT2D eigenvalue weighted by Gasteiger charge is 2.64. The quantitative estimate of drug-likeness (QED) is 0.143. The molecule has 0 spiro atoms. The van der Waals surface area contributed by atoms with E-state index in [2.05, 4.69) is 13.8 Å². The molecular weight excluding hydrogens is 660 g/mol. The molecule has 52 heavy (non-hydrogen) atoms. The molecule has 1 saturated heterocycles. The molecule has 0 radical (unpaired) electrons. The van der Waals surface area contributed by atoms with Crippen LogP contribution in [0.1, 0.15) is 140 Å². The fraction of sp³-hybridized carbons (Fsp3) is 0.767. The minimum atomic E-state index is -0.481. The van der Waals surface area contributed by atoms with Crippen LogP contribution in [0.25, 0.3) is 0 Å². The standard InChI is InChI=1S/C21H34O2.C12H16O3.C10H16O4/c1-5-20(3,4)19(22)23-21(6-2)12-15-9-10-16(21)18-14-8-7-13(11-14)17(15)18;1-4-12(2,3)11(14)15-10-7-5-9(13)6-8-10;1-4-10(2,3)9(12)14-7-5-8(11)13-6-7/h13-18H,5-12H2,1-4H3;5-8,13H,4H2,1-3H3;7H,4-6H2,1-3H3. The van der Waals surface area contributed by atoms with E-state index in [1.54, 1.807) is 12.1 Å². The summed E-state index contributed by atoms with van der Waals surface area (Å²) in [6, 6.07) is 6.11. The van der Waals surface area contributed by atoms with E-state index in [0.717, 1.165) is 55.3 Å². The number of benzene rings is 1. The van der Waals surface area contributed by atoms with Crippen molar-refractivity contribution < 1.29 is 43.2 Å². The summed E-state index contributed by atoms with van der Waals surface area (Å²) in [5.74, 6) is 5.14. The van der Waals surface area contributed by atoms with E-state index in [9.17, 15) is 19.2 Å². The lowest BCUT2D eigenvalue weighted by molar-refractivity contribution is -0.211. The Labute approximate surface area is 312 Å². The van der Waals surface area contributed by atoms with E-state index in [-0.39, 0.29) is 59.8 Å². The summed E-state index contributed by atoms with van der Waals surface area (Å²) < 4.78 is 21.4. The minimum Gasteiger partial charge on any atom is -0.508 e. The SMILES string of the molecule is CCC(C)(C)C(=O)OC1(CC)CC2CCC1C1C3CCC(C3)C21.CCC(C)(C)C(=O)OC1COC(=O)C1.CCC(C)(C)C(=O)Oc1ccc(O)cc1.